The molecule has 3 heterocycles. The van der Waals surface area contributed by atoms with Crippen LogP contribution in [0.3, 0.4) is 0 Å². The first kappa shape index (κ1) is 22.7. The van der Waals surface area contributed by atoms with E-state index in [1.165, 1.54) is 6.07 Å². The molecule has 35 heavy (non-hydrogen) atoms. The molecule has 6 nitrogen and oxygen atoms in total. The third kappa shape index (κ3) is 4.89. The zero-order valence-electron chi connectivity index (χ0n) is 19.4. The molecule has 0 bridgehead atoms. The number of hydrogen-bond donors (Lipinski definition) is 0. The summed E-state index contributed by atoms with van der Waals surface area (Å²) in [5.74, 6) is 0.0804. The number of benzene rings is 2. The lowest BCUT2D eigenvalue weighted by Gasteiger charge is -2.12. The number of Topliss-reactive ketones (excluding diaryl/α,β-unsaturated/α-hetero) is 1. The van der Waals surface area contributed by atoms with Crippen LogP contribution in [0.5, 0.6) is 0 Å². The minimum Gasteiger partial charge on any atom is -0.385 e. The molecule has 0 amide bonds. The molecule has 2 unspecified atom stereocenters. The van der Waals surface area contributed by atoms with E-state index in [0.717, 1.165) is 16.8 Å². The van der Waals surface area contributed by atoms with E-state index < -0.39 is 0 Å². The maximum atomic E-state index is 14.9. The summed E-state index contributed by atoms with van der Waals surface area (Å²) in [5.41, 5.74) is 4.53. The van der Waals surface area contributed by atoms with Crippen molar-refractivity contribution in [3.05, 3.63) is 107 Å². The highest BCUT2D eigenvalue weighted by atomic mass is 19.1. The predicted octanol–water partition coefficient (Wildman–Crippen LogP) is 6.43. The number of nitrogens with zero attached hydrogens (tertiary/aromatic N) is 3. The van der Waals surface area contributed by atoms with Crippen LogP contribution in [-0.2, 0) is 4.84 Å². The van der Waals surface area contributed by atoms with Crippen molar-refractivity contribution in [1.82, 2.24) is 10.1 Å². The van der Waals surface area contributed by atoms with Crippen molar-refractivity contribution in [2.75, 3.05) is 0 Å². The Morgan fingerprint density at radius 1 is 1.09 bits per heavy atom. The average Bonchev–Trinajstić information content (AvgIpc) is 3.57. The van der Waals surface area contributed by atoms with Crippen molar-refractivity contribution in [2.24, 2.45) is 5.16 Å². The third-order valence-electron chi connectivity index (χ3n) is 6.15. The molecule has 7 heteroatoms. The summed E-state index contributed by atoms with van der Waals surface area (Å²) < 4.78 is 20.1. The molecule has 0 saturated heterocycles. The van der Waals surface area contributed by atoms with Crippen LogP contribution in [0.1, 0.15) is 64.7 Å². The molecule has 0 saturated carbocycles. The smallest absolute Gasteiger partial charge is 0.174 e. The molecule has 2 aromatic heterocycles. The summed E-state index contributed by atoms with van der Waals surface area (Å²) in [6.07, 6.45) is 3.69. The molecule has 5 rings (SSSR count). The lowest BCUT2D eigenvalue weighted by Crippen LogP contribution is -2.08. The first-order valence-electron chi connectivity index (χ1n) is 11.5. The first-order valence-corrected chi connectivity index (χ1v) is 11.5. The summed E-state index contributed by atoms with van der Waals surface area (Å²) >= 11 is 0. The van der Waals surface area contributed by atoms with Gasteiger partial charge < -0.3 is 9.36 Å². The van der Waals surface area contributed by atoms with Gasteiger partial charge in [0.25, 0.3) is 0 Å². The van der Waals surface area contributed by atoms with Crippen molar-refractivity contribution < 1.29 is 18.5 Å². The zero-order valence-corrected chi connectivity index (χ0v) is 19.4. The Morgan fingerprint density at radius 3 is 2.69 bits per heavy atom. The van der Waals surface area contributed by atoms with Gasteiger partial charge in [0, 0.05) is 47.7 Å². The molecule has 4 aromatic rings. The summed E-state index contributed by atoms with van der Waals surface area (Å²) in [5, 5.41) is 8.02. The van der Waals surface area contributed by atoms with Crippen LogP contribution in [0.4, 0.5) is 4.39 Å². The van der Waals surface area contributed by atoms with Crippen LogP contribution >= 0.6 is 0 Å². The van der Waals surface area contributed by atoms with Gasteiger partial charge in [-0.2, -0.15) is 0 Å². The molecule has 0 radical (unpaired) electrons. The molecule has 2 atom stereocenters. The highest BCUT2D eigenvalue weighted by Crippen LogP contribution is 2.32. The maximum absolute atomic E-state index is 14.9. The van der Waals surface area contributed by atoms with Gasteiger partial charge in [-0.1, -0.05) is 35.4 Å². The van der Waals surface area contributed by atoms with Crippen molar-refractivity contribution in [3.8, 4) is 11.1 Å². The number of ketones is 1. The van der Waals surface area contributed by atoms with E-state index in [-0.39, 0.29) is 30.0 Å². The maximum Gasteiger partial charge on any atom is 0.174 e. The first-order chi connectivity index (χ1) is 17.0. The van der Waals surface area contributed by atoms with Gasteiger partial charge in [-0.15, -0.1) is 0 Å². The van der Waals surface area contributed by atoms with Crippen LogP contribution < -0.4 is 0 Å². The number of carbonyl (C=O) groups excluding carboxylic acids is 1. The number of hydrogen-bond acceptors (Lipinski definition) is 6. The monoisotopic (exact) mass is 469 g/mol. The second-order valence-corrected chi connectivity index (χ2v) is 8.82. The molecule has 176 valence electrons. The molecule has 1 aliphatic rings. The van der Waals surface area contributed by atoms with Crippen LogP contribution in [0.15, 0.2) is 82.7 Å². The number of rotatable bonds is 7. The number of halogens is 1. The molecular weight excluding hydrogens is 445 g/mol. The lowest BCUT2D eigenvalue weighted by molar-refractivity contribution is 0.0826. The van der Waals surface area contributed by atoms with E-state index in [2.05, 4.69) is 15.3 Å². The van der Waals surface area contributed by atoms with Gasteiger partial charge in [0.2, 0.25) is 0 Å². The molecule has 0 fully saturated rings. The predicted molar refractivity (Wildman–Crippen MR) is 130 cm³/mol. The average molecular weight is 470 g/mol. The summed E-state index contributed by atoms with van der Waals surface area (Å²) in [6.45, 7) is 3.75. The molecular formula is C28H24FN3O3. The minimum atomic E-state index is -0.341. The highest BCUT2D eigenvalue weighted by Gasteiger charge is 2.26. The van der Waals surface area contributed by atoms with Gasteiger partial charge in [-0.05, 0) is 54.4 Å². The molecule has 0 aliphatic carbocycles. The summed E-state index contributed by atoms with van der Waals surface area (Å²) in [6, 6.07) is 17.9. The summed E-state index contributed by atoms with van der Waals surface area (Å²) in [4.78, 5) is 23.3. The van der Waals surface area contributed by atoms with Crippen molar-refractivity contribution >= 4 is 11.5 Å². The normalized spacial score (nSPS) is 16.0. The Kier molecular flexibility index (Phi) is 6.23. The number of aromatic nitrogens is 2. The fourth-order valence-electron chi connectivity index (χ4n) is 4.21. The second-order valence-electron chi connectivity index (χ2n) is 8.82. The Labute approximate surface area is 202 Å². The number of aryl methyl sites for hydroxylation is 1. The number of oxime groups is 1. The number of pyridine rings is 1. The second kappa shape index (κ2) is 9.62. The van der Waals surface area contributed by atoms with Gasteiger partial charge >= 0.3 is 0 Å². The van der Waals surface area contributed by atoms with Crippen molar-refractivity contribution in [3.63, 3.8) is 0 Å². The van der Waals surface area contributed by atoms with Crippen molar-refractivity contribution in [1.29, 1.82) is 0 Å². The van der Waals surface area contributed by atoms with E-state index in [0.29, 0.717) is 34.6 Å². The van der Waals surface area contributed by atoms with Crippen LogP contribution in [0.25, 0.3) is 11.1 Å². The van der Waals surface area contributed by atoms with Crippen LogP contribution in [-0.4, -0.2) is 21.6 Å². The SMILES string of the molecule is Cc1ccc(-c2cc(C(=O)CC(C)c3ccno3)cc(C3=NOC(c4ccccn4)C3)c2)c(F)c1. The molecule has 2 aromatic carbocycles. The quantitative estimate of drug-likeness (QED) is 0.292. The van der Waals surface area contributed by atoms with Gasteiger partial charge in [0.1, 0.15) is 11.6 Å². The molecule has 0 N–H and O–H groups in total. The van der Waals surface area contributed by atoms with Gasteiger partial charge in [0.05, 0.1) is 17.6 Å². The van der Waals surface area contributed by atoms with E-state index >= 15 is 0 Å². The molecule has 1 aliphatic heterocycles. The van der Waals surface area contributed by atoms with Crippen LogP contribution in [0, 0.1) is 12.7 Å². The zero-order chi connectivity index (χ0) is 24.4. The van der Waals surface area contributed by atoms with Gasteiger partial charge in [-0.25, -0.2) is 4.39 Å². The fourth-order valence-corrected chi connectivity index (χ4v) is 4.21. The Hall–Kier alpha value is -4.13. The Bertz CT molecular complexity index is 1380. The fraction of sp³-hybridized carbons (Fsp3) is 0.214. The molecule has 0 spiro atoms. The van der Waals surface area contributed by atoms with E-state index in [4.69, 9.17) is 9.36 Å². The topological polar surface area (TPSA) is 77.6 Å². The lowest BCUT2D eigenvalue weighted by atomic mass is 9.91. The van der Waals surface area contributed by atoms with Gasteiger partial charge in [0.15, 0.2) is 11.9 Å². The van der Waals surface area contributed by atoms with E-state index in [1.807, 2.05) is 44.2 Å². The largest absolute Gasteiger partial charge is 0.385 e. The number of carbonyl (C=O) groups is 1. The Morgan fingerprint density at radius 2 is 1.94 bits per heavy atom. The Balaban J connectivity index is 1.49. The van der Waals surface area contributed by atoms with Crippen molar-refractivity contribution in [2.45, 2.75) is 38.7 Å². The third-order valence-corrected chi connectivity index (χ3v) is 6.15. The van der Waals surface area contributed by atoms with E-state index in [9.17, 15) is 9.18 Å². The highest BCUT2D eigenvalue weighted by molar-refractivity contribution is 6.06. The standard InChI is InChI=1S/C28H24FN3O3/c1-17-6-7-22(23(29)11-17)19-13-20(25-16-28(35-32-25)24-5-3-4-9-30-24)15-21(14-19)26(33)12-18(2)27-8-10-31-34-27/h3-11,13-15,18,28H,12,16H2,1-2H3. The minimum absolute atomic E-state index is 0.0784. The van der Waals surface area contributed by atoms with E-state index in [1.54, 1.807) is 36.7 Å². The summed E-state index contributed by atoms with van der Waals surface area (Å²) in [7, 11) is 0. The van der Waals surface area contributed by atoms with Crippen LogP contribution in [0.2, 0.25) is 0 Å². The van der Waals surface area contributed by atoms with Gasteiger partial charge in [-0.3, -0.25) is 9.78 Å².